The number of rotatable bonds is 7. The van der Waals surface area contributed by atoms with E-state index in [1.165, 1.54) is 0 Å². The highest BCUT2D eigenvalue weighted by molar-refractivity contribution is 6.08. The summed E-state index contributed by atoms with van der Waals surface area (Å²) in [5.41, 5.74) is 1.74. The molecule has 4 rings (SSSR count). The van der Waals surface area contributed by atoms with Crippen LogP contribution in [0.15, 0.2) is 60.7 Å². The van der Waals surface area contributed by atoms with Gasteiger partial charge >= 0.3 is 0 Å². The van der Waals surface area contributed by atoms with Crippen molar-refractivity contribution < 1.29 is 19.1 Å². The van der Waals surface area contributed by atoms with Crippen molar-refractivity contribution >= 4 is 22.5 Å². The van der Waals surface area contributed by atoms with Crippen LogP contribution in [0.25, 0.3) is 10.8 Å². The summed E-state index contributed by atoms with van der Waals surface area (Å²) in [5, 5.41) is 4.84. The van der Waals surface area contributed by atoms with E-state index >= 15 is 0 Å². The summed E-state index contributed by atoms with van der Waals surface area (Å²) in [4.78, 5) is 24.7. The van der Waals surface area contributed by atoms with Gasteiger partial charge in [0.25, 0.3) is 0 Å². The number of amides is 1. The van der Waals surface area contributed by atoms with Crippen LogP contribution in [0.2, 0.25) is 0 Å². The second-order valence-electron chi connectivity index (χ2n) is 6.74. The van der Waals surface area contributed by atoms with Crippen LogP contribution in [-0.4, -0.2) is 25.0 Å². The SMILES string of the molecule is O=C(CCC(=O)c1cccc2ccccc12)NCCc1ccc2c(c1)OCO2. The largest absolute Gasteiger partial charge is 0.454 e. The molecular formula is C23H21NO4. The molecule has 142 valence electrons. The van der Waals surface area contributed by atoms with Gasteiger partial charge in [0, 0.05) is 24.9 Å². The Bertz CT molecular complexity index is 1020. The van der Waals surface area contributed by atoms with E-state index in [9.17, 15) is 9.59 Å². The Morgan fingerprint density at radius 1 is 0.893 bits per heavy atom. The molecule has 0 aromatic heterocycles. The van der Waals surface area contributed by atoms with Crippen molar-refractivity contribution in [2.75, 3.05) is 13.3 Å². The van der Waals surface area contributed by atoms with E-state index < -0.39 is 0 Å². The second kappa shape index (κ2) is 8.13. The first-order chi connectivity index (χ1) is 13.7. The van der Waals surface area contributed by atoms with E-state index in [1.807, 2.05) is 60.7 Å². The molecule has 5 heteroatoms. The molecule has 3 aromatic rings. The molecule has 0 radical (unpaired) electrons. The lowest BCUT2D eigenvalue weighted by Crippen LogP contribution is -2.26. The molecule has 28 heavy (non-hydrogen) atoms. The molecule has 1 aliphatic heterocycles. The van der Waals surface area contributed by atoms with Crippen molar-refractivity contribution in [3.63, 3.8) is 0 Å². The van der Waals surface area contributed by atoms with Crippen LogP contribution in [0.3, 0.4) is 0 Å². The van der Waals surface area contributed by atoms with Gasteiger partial charge in [-0.2, -0.15) is 0 Å². The summed E-state index contributed by atoms with van der Waals surface area (Å²) >= 11 is 0. The maximum atomic E-state index is 12.6. The van der Waals surface area contributed by atoms with Crippen LogP contribution in [0, 0.1) is 0 Å². The zero-order chi connectivity index (χ0) is 19.3. The number of ketones is 1. The van der Waals surface area contributed by atoms with Crippen LogP contribution in [0.1, 0.15) is 28.8 Å². The average Bonchev–Trinajstić information content (AvgIpc) is 3.19. The Morgan fingerprint density at radius 2 is 1.71 bits per heavy atom. The summed E-state index contributed by atoms with van der Waals surface area (Å²) in [7, 11) is 0. The predicted octanol–water partition coefficient (Wildman–Crippen LogP) is 3.89. The predicted molar refractivity (Wildman–Crippen MR) is 107 cm³/mol. The van der Waals surface area contributed by atoms with Gasteiger partial charge in [-0.1, -0.05) is 48.5 Å². The minimum Gasteiger partial charge on any atom is -0.454 e. The van der Waals surface area contributed by atoms with E-state index in [2.05, 4.69) is 5.32 Å². The van der Waals surface area contributed by atoms with Gasteiger partial charge in [0.1, 0.15) is 0 Å². The lowest BCUT2D eigenvalue weighted by atomic mass is 9.99. The summed E-state index contributed by atoms with van der Waals surface area (Å²) < 4.78 is 10.6. The van der Waals surface area contributed by atoms with Gasteiger partial charge in [-0.05, 0) is 34.9 Å². The van der Waals surface area contributed by atoms with Gasteiger partial charge in [0.2, 0.25) is 12.7 Å². The lowest BCUT2D eigenvalue weighted by molar-refractivity contribution is -0.121. The fraction of sp³-hybridized carbons (Fsp3) is 0.217. The van der Waals surface area contributed by atoms with Crippen molar-refractivity contribution in [2.45, 2.75) is 19.3 Å². The van der Waals surface area contributed by atoms with Gasteiger partial charge in [0.05, 0.1) is 0 Å². The zero-order valence-corrected chi connectivity index (χ0v) is 15.4. The number of hydrogen-bond acceptors (Lipinski definition) is 4. The van der Waals surface area contributed by atoms with Crippen LogP contribution in [0.4, 0.5) is 0 Å². The number of carbonyl (C=O) groups excluding carboxylic acids is 2. The topological polar surface area (TPSA) is 64.6 Å². The zero-order valence-electron chi connectivity index (χ0n) is 15.4. The van der Waals surface area contributed by atoms with E-state index in [1.54, 1.807) is 0 Å². The molecule has 0 bridgehead atoms. The first kappa shape index (κ1) is 18.0. The molecule has 1 aliphatic rings. The highest BCUT2D eigenvalue weighted by atomic mass is 16.7. The molecule has 0 saturated heterocycles. The normalized spacial score (nSPS) is 12.1. The number of carbonyl (C=O) groups is 2. The van der Waals surface area contributed by atoms with Gasteiger partial charge in [-0.25, -0.2) is 0 Å². The third kappa shape index (κ3) is 3.98. The molecule has 0 spiro atoms. The summed E-state index contributed by atoms with van der Waals surface area (Å²) in [6.07, 6.45) is 1.08. The van der Waals surface area contributed by atoms with Crippen LogP contribution < -0.4 is 14.8 Å². The van der Waals surface area contributed by atoms with Gasteiger partial charge < -0.3 is 14.8 Å². The molecule has 0 unspecified atom stereocenters. The maximum absolute atomic E-state index is 12.6. The first-order valence-corrected chi connectivity index (χ1v) is 9.37. The fourth-order valence-corrected chi connectivity index (χ4v) is 3.36. The molecule has 1 amide bonds. The number of Topliss-reactive ketones (excluding diaryl/α,β-unsaturated/α-hetero) is 1. The van der Waals surface area contributed by atoms with Crippen LogP contribution >= 0.6 is 0 Å². The van der Waals surface area contributed by atoms with Crippen molar-refractivity contribution in [1.82, 2.24) is 5.32 Å². The third-order valence-electron chi connectivity index (χ3n) is 4.84. The standard InChI is InChI=1S/C23H21NO4/c25-20(19-7-3-5-17-4-1-2-6-18(17)19)9-11-23(26)24-13-12-16-8-10-21-22(14-16)28-15-27-21/h1-8,10,14H,9,11-13,15H2,(H,24,26). The molecule has 1 N–H and O–H groups in total. The quantitative estimate of drug-likeness (QED) is 0.637. The van der Waals surface area contributed by atoms with Crippen molar-refractivity contribution in [3.05, 3.63) is 71.8 Å². The Morgan fingerprint density at radius 3 is 2.64 bits per heavy atom. The van der Waals surface area contributed by atoms with Crippen LogP contribution in [-0.2, 0) is 11.2 Å². The smallest absolute Gasteiger partial charge is 0.231 e. The second-order valence-corrected chi connectivity index (χ2v) is 6.74. The molecule has 1 heterocycles. The Hall–Kier alpha value is -3.34. The Kier molecular flexibility index (Phi) is 5.24. The highest BCUT2D eigenvalue weighted by Crippen LogP contribution is 2.32. The molecule has 0 fully saturated rings. The van der Waals surface area contributed by atoms with Gasteiger partial charge in [-0.3, -0.25) is 9.59 Å². The van der Waals surface area contributed by atoms with E-state index in [-0.39, 0.29) is 31.3 Å². The summed E-state index contributed by atoms with van der Waals surface area (Å²) in [6, 6.07) is 19.2. The summed E-state index contributed by atoms with van der Waals surface area (Å²) in [5.74, 6) is 1.36. The first-order valence-electron chi connectivity index (χ1n) is 9.37. The van der Waals surface area contributed by atoms with Gasteiger partial charge in [0.15, 0.2) is 17.3 Å². The average molecular weight is 375 g/mol. The minimum absolute atomic E-state index is 0.0114. The Balaban J connectivity index is 1.27. The number of fused-ring (bicyclic) bond motifs is 2. The highest BCUT2D eigenvalue weighted by Gasteiger charge is 2.14. The monoisotopic (exact) mass is 375 g/mol. The number of ether oxygens (including phenoxy) is 2. The fourth-order valence-electron chi connectivity index (χ4n) is 3.36. The molecular weight excluding hydrogens is 354 g/mol. The van der Waals surface area contributed by atoms with E-state index in [0.29, 0.717) is 18.5 Å². The lowest BCUT2D eigenvalue weighted by Gasteiger charge is -2.07. The van der Waals surface area contributed by atoms with E-state index in [4.69, 9.17) is 9.47 Å². The van der Waals surface area contributed by atoms with E-state index in [0.717, 1.165) is 27.8 Å². The number of benzene rings is 3. The Labute approximate surface area is 163 Å². The summed E-state index contributed by atoms with van der Waals surface area (Å²) in [6.45, 7) is 0.765. The number of hydrogen-bond donors (Lipinski definition) is 1. The molecule has 3 aromatic carbocycles. The van der Waals surface area contributed by atoms with Crippen molar-refractivity contribution in [2.24, 2.45) is 0 Å². The molecule has 0 atom stereocenters. The minimum atomic E-state index is -0.116. The molecule has 0 aliphatic carbocycles. The van der Waals surface area contributed by atoms with Crippen molar-refractivity contribution in [1.29, 1.82) is 0 Å². The third-order valence-corrected chi connectivity index (χ3v) is 4.84. The van der Waals surface area contributed by atoms with Crippen LogP contribution in [0.5, 0.6) is 11.5 Å². The molecule has 5 nitrogen and oxygen atoms in total. The molecule has 0 saturated carbocycles. The maximum Gasteiger partial charge on any atom is 0.231 e. The van der Waals surface area contributed by atoms with Crippen molar-refractivity contribution in [3.8, 4) is 11.5 Å². The van der Waals surface area contributed by atoms with Gasteiger partial charge in [-0.15, -0.1) is 0 Å². The number of nitrogens with one attached hydrogen (secondary N) is 1.